The number of halogens is 2. The zero-order chi connectivity index (χ0) is 14.6. The summed E-state index contributed by atoms with van der Waals surface area (Å²) in [6.45, 7) is 0.544. The van der Waals surface area contributed by atoms with E-state index in [1.165, 1.54) is 4.90 Å². The lowest BCUT2D eigenvalue weighted by molar-refractivity contribution is -0.129. The third-order valence-corrected chi connectivity index (χ3v) is 3.28. The van der Waals surface area contributed by atoms with Crippen molar-refractivity contribution in [3.8, 4) is 0 Å². The van der Waals surface area contributed by atoms with Crippen molar-refractivity contribution >= 4 is 29.1 Å². The molecule has 0 radical (unpaired) electrons. The van der Waals surface area contributed by atoms with Crippen molar-refractivity contribution in [2.45, 2.75) is 6.10 Å². The van der Waals surface area contributed by atoms with Crippen LogP contribution in [0.3, 0.4) is 0 Å². The van der Waals surface area contributed by atoms with Crippen LogP contribution >= 0.6 is 23.2 Å². The van der Waals surface area contributed by atoms with E-state index in [1.54, 1.807) is 44.2 Å². The van der Waals surface area contributed by atoms with Crippen LogP contribution < -0.4 is 0 Å². The Balaban J connectivity index is 2.66. The van der Waals surface area contributed by atoms with Crippen LogP contribution in [0, 0.1) is 0 Å². The molecule has 1 unspecified atom stereocenters. The molecule has 0 aliphatic heterocycles. The topological polar surface area (TPSA) is 43.8 Å². The van der Waals surface area contributed by atoms with Gasteiger partial charge in [0.15, 0.2) is 0 Å². The maximum Gasteiger partial charge on any atom is 0.236 e. The van der Waals surface area contributed by atoms with Crippen molar-refractivity contribution < 1.29 is 9.90 Å². The van der Waals surface area contributed by atoms with Gasteiger partial charge in [0.1, 0.15) is 0 Å². The molecule has 0 fully saturated rings. The molecule has 4 nitrogen and oxygen atoms in total. The van der Waals surface area contributed by atoms with Gasteiger partial charge in [-0.3, -0.25) is 9.69 Å². The molecule has 1 rings (SSSR count). The van der Waals surface area contributed by atoms with Gasteiger partial charge in [0.2, 0.25) is 5.91 Å². The van der Waals surface area contributed by atoms with Crippen molar-refractivity contribution in [2.24, 2.45) is 0 Å². The normalized spacial score (nSPS) is 12.6. The van der Waals surface area contributed by atoms with E-state index in [0.29, 0.717) is 22.2 Å². The molecule has 0 spiro atoms. The van der Waals surface area contributed by atoms with E-state index < -0.39 is 6.10 Å². The minimum Gasteiger partial charge on any atom is -0.387 e. The number of benzene rings is 1. The van der Waals surface area contributed by atoms with Gasteiger partial charge in [0, 0.05) is 36.2 Å². The second-order valence-corrected chi connectivity index (χ2v) is 5.51. The lowest BCUT2D eigenvalue weighted by atomic mass is 10.1. The molecule has 0 heterocycles. The molecule has 6 heteroatoms. The van der Waals surface area contributed by atoms with Gasteiger partial charge < -0.3 is 10.0 Å². The Kier molecular flexibility index (Phi) is 6.07. The number of carbonyl (C=O) groups is 1. The number of nitrogens with zero attached hydrogens (tertiary/aromatic N) is 2. The third-order valence-electron chi connectivity index (χ3n) is 2.71. The van der Waals surface area contributed by atoms with Crippen LogP contribution in [0.15, 0.2) is 18.2 Å². The predicted octanol–water partition coefficient (Wildman–Crippen LogP) is 2.05. The minimum atomic E-state index is -0.786. The average molecular weight is 305 g/mol. The highest BCUT2D eigenvalue weighted by Crippen LogP contribution is 2.26. The Morgan fingerprint density at radius 1 is 1.32 bits per heavy atom. The van der Waals surface area contributed by atoms with Crippen LogP contribution in [0.1, 0.15) is 11.7 Å². The van der Waals surface area contributed by atoms with Gasteiger partial charge in [-0.15, -0.1) is 0 Å². The van der Waals surface area contributed by atoms with Crippen LogP contribution in [0.4, 0.5) is 0 Å². The molecular weight excluding hydrogens is 287 g/mol. The van der Waals surface area contributed by atoms with E-state index in [9.17, 15) is 9.90 Å². The number of hydrogen-bond acceptors (Lipinski definition) is 3. The molecule has 1 aromatic carbocycles. The number of rotatable bonds is 5. The van der Waals surface area contributed by atoms with E-state index in [4.69, 9.17) is 23.2 Å². The Bertz CT molecular complexity index is 452. The molecule has 106 valence electrons. The summed E-state index contributed by atoms with van der Waals surface area (Å²) in [6.07, 6.45) is -0.786. The summed E-state index contributed by atoms with van der Waals surface area (Å²) in [5.41, 5.74) is 0.568. The SMILES string of the molecule is CN(CC(=O)N(C)C)CC(O)c1cc(Cl)ccc1Cl. The van der Waals surface area contributed by atoms with Crippen molar-refractivity contribution in [3.63, 3.8) is 0 Å². The number of aliphatic hydroxyl groups is 1. The smallest absolute Gasteiger partial charge is 0.236 e. The quantitative estimate of drug-likeness (QED) is 0.905. The summed E-state index contributed by atoms with van der Waals surface area (Å²) >= 11 is 11.9. The van der Waals surface area contributed by atoms with Gasteiger partial charge in [-0.05, 0) is 25.2 Å². The monoisotopic (exact) mass is 304 g/mol. The van der Waals surface area contributed by atoms with E-state index in [2.05, 4.69) is 0 Å². The highest BCUT2D eigenvalue weighted by molar-refractivity contribution is 6.33. The molecule has 1 amide bonds. The van der Waals surface area contributed by atoms with E-state index >= 15 is 0 Å². The molecule has 0 aromatic heterocycles. The zero-order valence-corrected chi connectivity index (χ0v) is 12.7. The Hall–Kier alpha value is -0.810. The zero-order valence-electron chi connectivity index (χ0n) is 11.2. The lowest BCUT2D eigenvalue weighted by Crippen LogP contribution is -2.36. The molecule has 0 bridgehead atoms. The molecule has 0 saturated heterocycles. The van der Waals surface area contributed by atoms with Gasteiger partial charge in [0.25, 0.3) is 0 Å². The molecule has 1 aromatic rings. The maximum absolute atomic E-state index is 11.5. The molecule has 19 heavy (non-hydrogen) atoms. The van der Waals surface area contributed by atoms with Gasteiger partial charge in [-0.25, -0.2) is 0 Å². The van der Waals surface area contributed by atoms with E-state index in [-0.39, 0.29) is 12.5 Å². The van der Waals surface area contributed by atoms with Crippen LogP contribution in [-0.4, -0.2) is 55.0 Å². The lowest BCUT2D eigenvalue weighted by Gasteiger charge is -2.22. The summed E-state index contributed by atoms with van der Waals surface area (Å²) < 4.78 is 0. The van der Waals surface area contributed by atoms with Gasteiger partial charge >= 0.3 is 0 Å². The maximum atomic E-state index is 11.5. The first-order valence-electron chi connectivity index (χ1n) is 5.83. The fraction of sp³-hybridized carbons (Fsp3) is 0.462. The third kappa shape index (κ3) is 4.99. The first-order chi connectivity index (χ1) is 8.81. The second kappa shape index (κ2) is 7.10. The van der Waals surface area contributed by atoms with Crippen LogP contribution in [0.2, 0.25) is 10.0 Å². The summed E-state index contributed by atoms with van der Waals surface area (Å²) in [5, 5.41) is 11.1. The van der Waals surface area contributed by atoms with Gasteiger partial charge in [-0.1, -0.05) is 23.2 Å². The molecule has 1 N–H and O–H groups in total. The summed E-state index contributed by atoms with van der Waals surface area (Å²) in [5.74, 6) is -0.0214. The fourth-order valence-electron chi connectivity index (χ4n) is 1.60. The number of aliphatic hydroxyl groups excluding tert-OH is 1. The first kappa shape index (κ1) is 16.2. The number of carbonyl (C=O) groups excluding carboxylic acids is 1. The Labute approximate surface area is 123 Å². The van der Waals surface area contributed by atoms with Crippen LogP contribution in [-0.2, 0) is 4.79 Å². The molecular formula is C13H18Cl2N2O2. The number of hydrogen-bond donors (Lipinski definition) is 1. The highest BCUT2D eigenvalue weighted by atomic mass is 35.5. The Morgan fingerprint density at radius 3 is 2.53 bits per heavy atom. The van der Waals surface area contributed by atoms with Crippen molar-refractivity contribution in [1.82, 2.24) is 9.80 Å². The summed E-state index contributed by atoms with van der Waals surface area (Å²) in [7, 11) is 5.16. The molecule has 0 aliphatic rings. The van der Waals surface area contributed by atoms with Crippen molar-refractivity contribution in [3.05, 3.63) is 33.8 Å². The first-order valence-corrected chi connectivity index (χ1v) is 6.58. The number of likely N-dealkylation sites (N-methyl/N-ethyl adjacent to an activating group) is 2. The second-order valence-electron chi connectivity index (χ2n) is 4.67. The molecule has 0 saturated carbocycles. The van der Waals surface area contributed by atoms with Crippen LogP contribution in [0.5, 0.6) is 0 Å². The fourth-order valence-corrected chi connectivity index (χ4v) is 2.02. The largest absolute Gasteiger partial charge is 0.387 e. The van der Waals surface area contributed by atoms with Crippen molar-refractivity contribution in [2.75, 3.05) is 34.2 Å². The van der Waals surface area contributed by atoms with Gasteiger partial charge in [-0.2, -0.15) is 0 Å². The number of amides is 1. The average Bonchev–Trinajstić information content (AvgIpc) is 2.31. The molecule has 1 atom stereocenters. The van der Waals surface area contributed by atoms with Gasteiger partial charge in [0.05, 0.1) is 12.6 Å². The van der Waals surface area contributed by atoms with Crippen molar-refractivity contribution in [1.29, 1.82) is 0 Å². The summed E-state index contributed by atoms with van der Waals surface area (Å²) in [4.78, 5) is 14.8. The Morgan fingerprint density at radius 2 is 1.95 bits per heavy atom. The molecule has 0 aliphatic carbocycles. The highest BCUT2D eigenvalue weighted by Gasteiger charge is 2.16. The summed E-state index contributed by atoms with van der Waals surface area (Å²) in [6, 6.07) is 4.95. The van der Waals surface area contributed by atoms with E-state index in [1.807, 2.05) is 0 Å². The van der Waals surface area contributed by atoms with E-state index in [0.717, 1.165) is 0 Å². The minimum absolute atomic E-state index is 0.0214. The van der Waals surface area contributed by atoms with Crippen LogP contribution in [0.25, 0.3) is 0 Å². The standard InChI is InChI=1S/C13H18Cl2N2O2/c1-16(2)13(19)8-17(3)7-12(18)10-6-9(14)4-5-11(10)15/h4-6,12,18H,7-8H2,1-3H3. The predicted molar refractivity (Wildman–Crippen MR) is 77.6 cm³/mol.